The van der Waals surface area contributed by atoms with E-state index in [0.717, 1.165) is 72.5 Å². The third kappa shape index (κ3) is 6.36. The van der Waals surface area contributed by atoms with Crippen LogP contribution in [0.25, 0.3) is 73.5 Å². The van der Waals surface area contributed by atoms with Crippen LogP contribution in [0.4, 0.5) is 5.69 Å². The lowest BCUT2D eigenvalue weighted by Crippen LogP contribution is -2.01. The van der Waals surface area contributed by atoms with Gasteiger partial charge >= 0.3 is 0 Å². The molecule has 0 unspecified atom stereocenters. The van der Waals surface area contributed by atoms with Crippen LogP contribution in [-0.4, -0.2) is 15.0 Å². The summed E-state index contributed by atoms with van der Waals surface area (Å²) in [5, 5.41) is 0.950. The van der Waals surface area contributed by atoms with Crippen LogP contribution >= 0.6 is 0 Å². The minimum Gasteiger partial charge on any atom is -0.456 e. The van der Waals surface area contributed by atoms with Crippen LogP contribution in [-0.2, 0) is 6.42 Å². The van der Waals surface area contributed by atoms with Crippen molar-refractivity contribution in [2.45, 2.75) is 6.42 Å². The molecule has 0 spiro atoms. The summed E-state index contributed by atoms with van der Waals surface area (Å²) in [7, 11) is 0. The number of hydrogen-bond donors (Lipinski definition) is 1. The number of hydrogen-bond acceptors (Lipinski definition) is 5. The van der Waals surface area contributed by atoms with Gasteiger partial charge < -0.3 is 10.2 Å². The Labute approximate surface area is 297 Å². The average Bonchev–Trinajstić information content (AvgIpc) is 3.55. The molecule has 5 nitrogen and oxygen atoms in total. The third-order valence-corrected chi connectivity index (χ3v) is 9.00. The molecule has 0 aliphatic rings. The van der Waals surface area contributed by atoms with Crippen LogP contribution in [0.15, 0.2) is 175 Å². The first-order chi connectivity index (χ1) is 25.2. The van der Waals surface area contributed by atoms with Crippen molar-refractivity contribution in [2.24, 2.45) is 0 Å². The fourth-order valence-electron chi connectivity index (χ4n) is 6.56. The van der Waals surface area contributed by atoms with E-state index in [0.29, 0.717) is 23.9 Å². The number of para-hydroxylation sites is 1. The second-order valence-electron chi connectivity index (χ2n) is 12.3. The van der Waals surface area contributed by atoms with Crippen molar-refractivity contribution in [3.05, 3.63) is 187 Å². The predicted molar refractivity (Wildman–Crippen MR) is 210 cm³/mol. The van der Waals surface area contributed by atoms with Gasteiger partial charge in [0, 0.05) is 45.3 Å². The Bertz CT molecular complexity index is 2530. The number of nitrogens with zero attached hydrogens (tertiary/aromatic N) is 3. The maximum atomic E-state index is 6.57. The Morgan fingerprint density at radius 1 is 0.549 bits per heavy atom. The summed E-state index contributed by atoms with van der Waals surface area (Å²) in [5.74, 6) is 2.51. The van der Waals surface area contributed by atoms with Crippen molar-refractivity contribution in [2.75, 3.05) is 5.73 Å². The van der Waals surface area contributed by atoms with Crippen LogP contribution in [0, 0.1) is 0 Å². The molecule has 0 radical (unpaired) electrons. The van der Waals surface area contributed by atoms with Crippen LogP contribution in [0.3, 0.4) is 0 Å². The number of benzene rings is 6. The molecule has 8 rings (SSSR count). The second-order valence-corrected chi connectivity index (χ2v) is 12.3. The molecule has 5 heteroatoms. The summed E-state index contributed by atoms with van der Waals surface area (Å²) < 4.78 is 6.57. The zero-order valence-electron chi connectivity index (χ0n) is 27.9. The van der Waals surface area contributed by atoms with Crippen molar-refractivity contribution in [3.8, 4) is 56.4 Å². The van der Waals surface area contributed by atoms with E-state index in [2.05, 4.69) is 67.2 Å². The number of fused-ring (bicyclic) bond motifs is 1. The number of allylic oxidation sites excluding steroid dienone is 2. The summed E-state index contributed by atoms with van der Waals surface area (Å²) >= 11 is 0. The Balaban J connectivity index is 1.34. The molecular weight excluding hydrogens is 625 g/mol. The van der Waals surface area contributed by atoms with Crippen molar-refractivity contribution < 1.29 is 4.42 Å². The highest BCUT2D eigenvalue weighted by atomic mass is 16.3. The molecule has 2 N–H and O–H groups in total. The molecule has 244 valence electrons. The monoisotopic (exact) mass is 658 g/mol. The van der Waals surface area contributed by atoms with E-state index < -0.39 is 0 Å². The summed E-state index contributed by atoms with van der Waals surface area (Å²) in [6.45, 7) is 3.91. The molecule has 0 saturated carbocycles. The molecule has 0 atom stereocenters. The van der Waals surface area contributed by atoms with E-state index in [1.54, 1.807) is 6.08 Å². The van der Waals surface area contributed by atoms with Gasteiger partial charge in [-0.1, -0.05) is 152 Å². The van der Waals surface area contributed by atoms with Gasteiger partial charge in [0.2, 0.25) is 0 Å². The fourth-order valence-corrected chi connectivity index (χ4v) is 6.56. The van der Waals surface area contributed by atoms with Gasteiger partial charge in [-0.3, -0.25) is 0 Å². The minimum atomic E-state index is 0.566. The Hall–Kier alpha value is -6.85. The van der Waals surface area contributed by atoms with E-state index in [4.69, 9.17) is 25.1 Å². The van der Waals surface area contributed by atoms with Crippen molar-refractivity contribution >= 4 is 22.7 Å². The van der Waals surface area contributed by atoms with E-state index in [1.807, 2.05) is 103 Å². The van der Waals surface area contributed by atoms with Crippen LogP contribution in [0.1, 0.15) is 16.9 Å². The first-order valence-corrected chi connectivity index (χ1v) is 16.9. The smallest absolute Gasteiger partial charge is 0.164 e. The van der Waals surface area contributed by atoms with Gasteiger partial charge in [-0.25, -0.2) is 15.0 Å². The highest BCUT2D eigenvalue weighted by molar-refractivity contribution is 5.98. The van der Waals surface area contributed by atoms with E-state index in [-0.39, 0.29) is 0 Å². The summed E-state index contributed by atoms with van der Waals surface area (Å²) in [4.78, 5) is 15.3. The normalized spacial score (nSPS) is 11.3. The van der Waals surface area contributed by atoms with Gasteiger partial charge in [0.25, 0.3) is 0 Å². The Morgan fingerprint density at radius 2 is 1.14 bits per heavy atom. The standard InChI is InChI=1S/C46H34N4O/c1-2-3-27-41-39(30-34-20-10-11-23-36(34)37-24-12-13-26-40(37)47)43-38(25-15-28-42(43)51-41)46-49-44(32-18-8-5-9-19-32)48-45(50-46)35-22-14-21-33(29-35)31-16-6-4-7-17-31/h2-29H,1,30,47H2/b27-3-. The molecule has 8 aromatic rings. The number of nitrogen functional groups attached to an aromatic ring is 1. The lowest BCUT2D eigenvalue weighted by Gasteiger charge is -2.13. The molecule has 51 heavy (non-hydrogen) atoms. The number of anilines is 1. The summed E-state index contributed by atoms with van der Waals surface area (Å²) in [6, 6.07) is 51.1. The lowest BCUT2D eigenvalue weighted by atomic mass is 9.92. The van der Waals surface area contributed by atoms with Crippen LogP contribution in [0.2, 0.25) is 0 Å². The topological polar surface area (TPSA) is 77.8 Å². The van der Waals surface area contributed by atoms with Gasteiger partial charge in [-0.15, -0.1) is 0 Å². The maximum absolute atomic E-state index is 6.57. The molecule has 0 bridgehead atoms. The highest BCUT2D eigenvalue weighted by Crippen LogP contribution is 2.39. The van der Waals surface area contributed by atoms with Gasteiger partial charge in [0.1, 0.15) is 11.3 Å². The second kappa shape index (κ2) is 13.9. The van der Waals surface area contributed by atoms with Gasteiger partial charge in [0.15, 0.2) is 17.5 Å². The van der Waals surface area contributed by atoms with Gasteiger partial charge in [0.05, 0.1) is 0 Å². The van der Waals surface area contributed by atoms with Gasteiger partial charge in [-0.05, 0) is 46.5 Å². The molecule has 2 heterocycles. The molecule has 0 amide bonds. The Morgan fingerprint density at radius 3 is 1.90 bits per heavy atom. The number of rotatable bonds is 9. The number of aromatic nitrogens is 3. The first kappa shape index (κ1) is 31.4. The first-order valence-electron chi connectivity index (χ1n) is 16.9. The molecule has 0 aliphatic carbocycles. The lowest BCUT2D eigenvalue weighted by molar-refractivity contribution is 0.600. The average molecular weight is 659 g/mol. The van der Waals surface area contributed by atoms with E-state index in [1.165, 1.54) is 0 Å². The molecule has 2 aromatic heterocycles. The molecule has 0 saturated heterocycles. The molecular formula is C46H34N4O. The summed E-state index contributed by atoms with van der Waals surface area (Å²) in [6.07, 6.45) is 6.21. The predicted octanol–water partition coefficient (Wildman–Crippen LogP) is 11.3. The molecule has 6 aromatic carbocycles. The highest BCUT2D eigenvalue weighted by Gasteiger charge is 2.22. The SMILES string of the molecule is C=C/C=C\c1oc2cccc(-c3nc(-c4ccccc4)nc(-c4cccc(-c5ccccc5)c4)n3)c2c1Cc1ccccc1-c1ccccc1N. The zero-order chi connectivity index (χ0) is 34.6. The summed E-state index contributed by atoms with van der Waals surface area (Å²) in [5.41, 5.74) is 17.1. The third-order valence-electron chi connectivity index (χ3n) is 9.00. The Kier molecular flexibility index (Phi) is 8.59. The quantitative estimate of drug-likeness (QED) is 0.123. The molecule has 0 aliphatic heterocycles. The molecule has 0 fully saturated rings. The minimum absolute atomic E-state index is 0.566. The largest absolute Gasteiger partial charge is 0.456 e. The maximum Gasteiger partial charge on any atom is 0.164 e. The number of furan rings is 1. The van der Waals surface area contributed by atoms with Crippen molar-refractivity contribution in [1.82, 2.24) is 15.0 Å². The van der Waals surface area contributed by atoms with E-state index in [9.17, 15) is 0 Å². The zero-order valence-corrected chi connectivity index (χ0v) is 27.9. The van der Waals surface area contributed by atoms with Crippen molar-refractivity contribution in [3.63, 3.8) is 0 Å². The van der Waals surface area contributed by atoms with Gasteiger partial charge in [-0.2, -0.15) is 0 Å². The van der Waals surface area contributed by atoms with Crippen molar-refractivity contribution in [1.29, 1.82) is 0 Å². The van der Waals surface area contributed by atoms with Crippen LogP contribution < -0.4 is 5.73 Å². The van der Waals surface area contributed by atoms with Crippen LogP contribution in [0.5, 0.6) is 0 Å². The van der Waals surface area contributed by atoms with E-state index >= 15 is 0 Å². The number of nitrogens with two attached hydrogens (primary N) is 1. The fraction of sp³-hybridized carbons (Fsp3) is 0.0217.